The third-order valence-electron chi connectivity index (χ3n) is 6.72. The SMILES string of the molecule is CCOC(=O)CC(COCc1ccc(F)c(F)c1)NC(=O)C1(CC(CCOC)C(=O)OC(C)(C)C)CCCC1. The average Bonchev–Trinajstić information content (AvgIpc) is 3.33. The molecule has 0 spiro atoms. The number of benzene rings is 1. The summed E-state index contributed by atoms with van der Waals surface area (Å²) in [6.45, 7) is 7.56. The molecule has 2 rings (SSSR count). The molecule has 1 saturated carbocycles. The molecule has 1 amide bonds. The fourth-order valence-electron chi connectivity index (χ4n) is 4.86. The molecule has 0 heterocycles. The van der Waals surface area contributed by atoms with Gasteiger partial charge in [-0.3, -0.25) is 14.4 Å². The molecule has 0 bridgehead atoms. The number of nitrogens with one attached hydrogen (secondary N) is 1. The van der Waals surface area contributed by atoms with Gasteiger partial charge in [0.25, 0.3) is 0 Å². The van der Waals surface area contributed by atoms with Crippen LogP contribution in [0.3, 0.4) is 0 Å². The average molecular weight is 556 g/mol. The summed E-state index contributed by atoms with van der Waals surface area (Å²) in [6.07, 6.45) is 3.50. The number of methoxy groups -OCH3 is 1. The lowest BCUT2D eigenvalue weighted by Crippen LogP contribution is -2.48. The van der Waals surface area contributed by atoms with Crippen molar-refractivity contribution in [1.82, 2.24) is 5.32 Å². The molecule has 1 fully saturated rings. The number of hydrogen-bond donors (Lipinski definition) is 1. The van der Waals surface area contributed by atoms with Gasteiger partial charge >= 0.3 is 11.9 Å². The second-order valence-corrected chi connectivity index (χ2v) is 11.1. The van der Waals surface area contributed by atoms with Crippen LogP contribution in [-0.2, 0) is 39.9 Å². The van der Waals surface area contributed by atoms with Crippen LogP contribution in [0.5, 0.6) is 0 Å². The lowest BCUT2D eigenvalue weighted by Gasteiger charge is -2.34. The Morgan fingerprint density at radius 2 is 1.79 bits per heavy atom. The molecule has 220 valence electrons. The molecular formula is C29H43F2NO7. The Morgan fingerprint density at radius 1 is 1.10 bits per heavy atom. The van der Waals surface area contributed by atoms with Gasteiger partial charge in [0.2, 0.25) is 5.91 Å². The molecule has 1 aliphatic rings. The van der Waals surface area contributed by atoms with Gasteiger partial charge in [0.1, 0.15) is 5.60 Å². The first-order valence-electron chi connectivity index (χ1n) is 13.6. The molecule has 2 unspecified atom stereocenters. The Labute approximate surface area is 230 Å². The van der Waals surface area contributed by atoms with Crippen molar-refractivity contribution in [3.05, 3.63) is 35.4 Å². The molecule has 0 aromatic heterocycles. The lowest BCUT2D eigenvalue weighted by atomic mass is 9.75. The highest BCUT2D eigenvalue weighted by molar-refractivity contribution is 5.85. The zero-order valence-electron chi connectivity index (χ0n) is 23.8. The number of carbonyl (C=O) groups excluding carboxylic acids is 3. The molecule has 39 heavy (non-hydrogen) atoms. The van der Waals surface area contributed by atoms with Crippen LogP contribution in [0.15, 0.2) is 18.2 Å². The van der Waals surface area contributed by atoms with E-state index in [-0.39, 0.29) is 38.1 Å². The van der Waals surface area contributed by atoms with Crippen molar-refractivity contribution >= 4 is 17.8 Å². The van der Waals surface area contributed by atoms with Crippen LogP contribution >= 0.6 is 0 Å². The monoisotopic (exact) mass is 555 g/mol. The first kappa shape index (κ1) is 32.6. The van der Waals surface area contributed by atoms with Gasteiger partial charge in [0.15, 0.2) is 11.6 Å². The predicted molar refractivity (Wildman–Crippen MR) is 141 cm³/mol. The minimum Gasteiger partial charge on any atom is -0.466 e. The van der Waals surface area contributed by atoms with Crippen molar-refractivity contribution in [2.24, 2.45) is 11.3 Å². The van der Waals surface area contributed by atoms with Crippen LogP contribution in [0.1, 0.15) is 78.2 Å². The summed E-state index contributed by atoms with van der Waals surface area (Å²) in [5.41, 5.74) is -1.05. The van der Waals surface area contributed by atoms with Gasteiger partial charge in [0, 0.05) is 13.7 Å². The van der Waals surface area contributed by atoms with Crippen LogP contribution in [-0.4, -0.2) is 56.4 Å². The Kier molecular flexibility index (Phi) is 12.8. The number of esters is 2. The number of carbonyl (C=O) groups is 3. The lowest BCUT2D eigenvalue weighted by molar-refractivity contribution is -0.162. The normalized spacial score (nSPS) is 16.4. The standard InChI is InChI=1S/C29H43F2NO7/c1-6-38-25(33)16-22(19-37-18-20-9-10-23(30)24(31)15-20)32-27(35)29(12-7-8-13-29)17-21(11-14-36-5)26(34)39-28(2,3)4/h9-10,15,21-22H,6-8,11-14,16-19H2,1-5H3,(H,32,35). The number of hydrogen-bond acceptors (Lipinski definition) is 7. The molecule has 8 nitrogen and oxygen atoms in total. The van der Waals surface area contributed by atoms with E-state index in [9.17, 15) is 23.2 Å². The maximum atomic E-state index is 13.8. The van der Waals surface area contributed by atoms with Gasteiger partial charge in [-0.25, -0.2) is 8.78 Å². The smallest absolute Gasteiger partial charge is 0.309 e. The van der Waals surface area contributed by atoms with Crippen LogP contribution < -0.4 is 5.32 Å². The second kappa shape index (κ2) is 15.3. The third-order valence-corrected chi connectivity index (χ3v) is 6.72. The maximum Gasteiger partial charge on any atom is 0.309 e. The van der Waals surface area contributed by atoms with E-state index < -0.39 is 40.6 Å². The summed E-state index contributed by atoms with van der Waals surface area (Å²) in [5, 5.41) is 2.96. The van der Waals surface area contributed by atoms with E-state index in [0.717, 1.165) is 25.0 Å². The summed E-state index contributed by atoms with van der Waals surface area (Å²) >= 11 is 0. The molecule has 1 N–H and O–H groups in total. The Bertz CT molecular complexity index is 957. The second-order valence-electron chi connectivity index (χ2n) is 11.1. The van der Waals surface area contributed by atoms with E-state index in [2.05, 4.69) is 5.32 Å². The quantitative estimate of drug-likeness (QED) is 0.309. The minimum absolute atomic E-state index is 0.0325. The van der Waals surface area contributed by atoms with E-state index in [4.69, 9.17) is 18.9 Å². The molecule has 1 aliphatic carbocycles. The Hall–Kier alpha value is -2.59. The summed E-state index contributed by atoms with van der Waals surface area (Å²) in [5.74, 6) is -3.58. The third kappa shape index (κ3) is 10.8. The summed E-state index contributed by atoms with van der Waals surface area (Å²) < 4.78 is 48.4. The molecular weight excluding hydrogens is 512 g/mol. The van der Waals surface area contributed by atoms with Crippen LogP contribution in [0.2, 0.25) is 0 Å². The van der Waals surface area contributed by atoms with E-state index in [0.29, 0.717) is 37.9 Å². The van der Waals surface area contributed by atoms with Crippen molar-refractivity contribution < 1.29 is 42.1 Å². The van der Waals surface area contributed by atoms with Crippen LogP contribution in [0.4, 0.5) is 8.78 Å². The van der Waals surface area contributed by atoms with Crippen molar-refractivity contribution in [1.29, 1.82) is 0 Å². The van der Waals surface area contributed by atoms with E-state index in [1.165, 1.54) is 6.07 Å². The molecule has 1 aromatic carbocycles. The topological polar surface area (TPSA) is 100 Å². The minimum atomic E-state index is -0.983. The van der Waals surface area contributed by atoms with E-state index in [1.807, 2.05) is 0 Å². The number of rotatable bonds is 15. The highest BCUT2D eigenvalue weighted by Crippen LogP contribution is 2.44. The molecule has 2 atom stereocenters. The number of ether oxygens (including phenoxy) is 4. The fraction of sp³-hybridized carbons (Fsp3) is 0.690. The molecule has 0 aliphatic heterocycles. The van der Waals surface area contributed by atoms with Gasteiger partial charge in [0.05, 0.1) is 43.6 Å². The highest BCUT2D eigenvalue weighted by atomic mass is 19.2. The van der Waals surface area contributed by atoms with E-state index >= 15 is 0 Å². The number of amides is 1. The zero-order valence-corrected chi connectivity index (χ0v) is 23.8. The van der Waals surface area contributed by atoms with E-state index in [1.54, 1.807) is 34.8 Å². The van der Waals surface area contributed by atoms with Crippen LogP contribution in [0.25, 0.3) is 0 Å². The predicted octanol–water partition coefficient (Wildman–Crippen LogP) is 4.86. The van der Waals surface area contributed by atoms with Crippen LogP contribution in [0, 0.1) is 23.0 Å². The Morgan fingerprint density at radius 3 is 2.38 bits per heavy atom. The van der Waals surface area contributed by atoms with Gasteiger partial charge in [-0.1, -0.05) is 18.9 Å². The highest BCUT2D eigenvalue weighted by Gasteiger charge is 2.45. The van der Waals surface area contributed by atoms with Gasteiger partial charge in [-0.05, 0) is 71.1 Å². The van der Waals surface area contributed by atoms with Crippen molar-refractivity contribution in [2.45, 2.75) is 90.9 Å². The molecule has 1 aromatic rings. The number of halogens is 2. The maximum absolute atomic E-state index is 13.8. The first-order valence-corrected chi connectivity index (χ1v) is 13.6. The molecule has 10 heteroatoms. The summed E-state index contributed by atoms with van der Waals surface area (Å²) in [7, 11) is 1.56. The summed E-state index contributed by atoms with van der Waals surface area (Å²) in [6, 6.07) is 2.75. The van der Waals surface area contributed by atoms with Crippen molar-refractivity contribution in [3.63, 3.8) is 0 Å². The first-order chi connectivity index (χ1) is 18.4. The van der Waals surface area contributed by atoms with Crippen molar-refractivity contribution in [3.8, 4) is 0 Å². The van der Waals surface area contributed by atoms with Gasteiger partial charge in [-0.2, -0.15) is 0 Å². The summed E-state index contributed by atoms with van der Waals surface area (Å²) in [4.78, 5) is 39.1. The van der Waals surface area contributed by atoms with Gasteiger partial charge < -0.3 is 24.3 Å². The zero-order chi connectivity index (χ0) is 29.1. The molecule has 0 radical (unpaired) electrons. The van der Waals surface area contributed by atoms with Gasteiger partial charge in [-0.15, -0.1) is 0 Å². The largest absolute Gasteiger partial charge is 0.466 e. The Balaban J connectivity index is 2.16. The fourth-order valence-corrected chi connectivity index (χ4v) is 4.86. The van der Waals surface area contributed by atoms with Crippen molar-refractivity contribution in [2.75, 3.05) is 26.9 Å². The molecule has 0 saturated heterocycles.